The summed E-state index contributed by atoms with van der Waals surface area (Å²) in [5.74, 6) is 0.817. The van der Waals surface area contributed by atoms with Gasteiger partial charge in [-0.2, -0.15) is 5.26 Å². The highest BCUT2D eigenvalue weighted by Crippen LogP contribution is 2.28. The Morgan fingerprint density at radius 3 is 2.58 bits per heavy atom. The van der Waals surface area contributed by atoms with Crippen molar-refractivity contribution in [3.05, 3.63) is 71.2 Å². The van der Waals surface area contributed by atoms with Crippen molar-refractivity contribution in [1.29, 1.82) is 5.26 Å². The van der Waals surface area contributed by atoms with Crippen LogP contribution in [0.5, 0.6) is 5.75 Å². The molecule has 2 heterocycles. The van der Waals surface area contributed by atoms with Crippen molar-refractivity contribution in [3.63, 3.8) is 0 Å². The van der Waals surface area contributed by atoms with Crippen molar-refractivity contribution in [2.24, 2.45) is 0 Å². The molecule has 0 spiro atoms. The van der Waals surface area contributed by atoms with Crippen LogP contribution < -0.4 is 10.5 Å². The number of nitrogens with zero attached hydrogens (tertiary/aromatic N) is 3. The van der Waals surface area contributed by atoms with Gasteiger partial charge in [0.25, 0.3) is 0 Å². The van der Waals surface area contributed by atoms with Crippen molar-refractivity contribution >= 4 is 5.69 Å². The van der Waals surface area contributed by atoms with Crippen LogP contribution in [0.1, 0.15) is 29.3 Å². The zero-order valence-electron chi connectivity index (χ0n) is 14.9. The quantitative estimate of drug-likeness (QED) is 0.755. The Labute approximate surface area is 153 Å². The maximum absolute atomic E-state index is 9.27. The van der Waals surface area contributed by atoms with Crippen LogP contribution in [0.25, 0.3) is 11.3 Å². The molecule has 0 saturated carbocycles. The topological polar surface area (TPSA) is 84.8 Å². The molecule has 0 radical (unpaired) electrons. The Kier molecular flexibility index (Phi) is 5.14. The van der Waals surface area contributed by atoms with Crippen LogP contribution in [0.15, 0.2) is 48.8 Å². The maximum atomic E-state index is 9.27. The molecule has 5 heteroatoms. The fourth-order valence-electron chi connectivity index (χ4n) is 2.74. The van der Waals surface area contributed by atoms with Gasteiger partial charge in [0.05, 0.1) is 11.4 Å². The van der Waals surface area contributed by atoms with E-state index in [1.165, 1.54) is 0 Å². The molecule has 0 aliphatic carbocycles. The molecule has 2 N–H and O–H groups in total. The van der Waals surface area contributed by atoms with E-state index in [0.29, 0.717) is 12.3 Å². The number of hydrogen-bond donors (Lipinski definition) is 1. The summed E-state index contributed by atoms with van der Waals surface area (Å²) in [6, 6.07) is 13.8. The number of rotatable bonds is 5. The average Bonchev–Trinajstić information content (AvgIpc) is 2.68. The highest BCUT2D eigenvalue weighted by atomic mass is 16.5. The number of ether oxygens (including phenoxy) is 1. The van der Waals surface area contributed by atoms with Gasteiger partial charge in [-0.05, 0) is 66.4 Å². The minimum absolute atomic E-state index is 0.273. The van der Waals surface area contributed by atoms with Crippen LogP contribution in [0.2, 0.25) is 0 Å². The molecule has 0 atom stereocenters. The van der Waals surface area contributed by atoms with Crippen LogP contribution >= 0.6 is 0 Å². The first-order valence-corrected chi connectivity index (χ1v) is 8.44. The number of aryl methyl sites for hydroxylation is 2. The summed E-state index contributed by atoms with van der Waals surface area (Å²) in [4.78, 5) is 8.40. The maximum Gasteiger partial charge on any atom is 0.164 e. The van der Waals surface area contributed by atoms with Gasteiger partial charge in [-0.15, -0.1) is 0 Å². The number of pyridine rings is 2. The molecule has 0 unspecified atom stereocenters. The molecule has 3 rings (SSSR count). The summed E-state index contributed by atoms with van der Waals surface area (Å²) in [6.45, 7) is 4.49. The Morgan fingerprint density at radius 1 is 1.15 bits per heavy atom. The van der Waals surface area contributed by atoms with Gasteiger partial charge in [0, 0.05) is 18.0 Å². The second-order valence-corrected chi connectivity index (χ2v) is 6.02. The lowest BCUT2D eigenvalue weighted by atomic mass is 10.0. The molecule has 1 aromatic carbocycles. The van der Waals surface area contributed by atoms with Gasteiger partial charge < -0.3 is 10.5 Å². The minimum Gasteiger partial charge on any atom is -0.489 e. The third kappa shape index (κ3) is 3.65. The fourth-order valence-corrected chi connectivity index (χ4v) is 2.74. The van der Waals surface area contributed by atoms with Gasteiger partial charge in [0.2, 0.25) is 0 Å². The third-order valence-corrected chi connectivity index (χ3v) is 4.25. The van der Waals surface area contributed by atoms with E-state index in [-0.39, 0.29) is 5.69 Å². The molecule has 26 heavy (non-hydrogen) atoms. The molecule has 0 amide bonds. The van der Waals surface area contributed by atoms with E-state index in [9.17, 15) is 5.26 Å². The summed E-state index contributed by atoms with van der Waals surface area (Å²) >= 11 is 0. The van der Waals surface area contributed by atoms with Gasteiger partial charge in [-0.3, -0.25) is 4.98 Å². The predicted octanol–water partition coefficient (Wildman–Crippen LogP) is 4.05. The largest absolute Gasteiger partial charge is 0.489 e. The number of nitriles is 1. The second-order valence-electron chi connectivity index (χ2n) is 6.02. The Bertz CT molecular complexity index is 962. The summed E-state index contributed by atoms with van der Waals surface area (Å²) in [6.07, 6.45) is 4.25. The second kappa shape index (κ2) is 7.66. The van der Waals surface area contributed by atoms with Gasteiger partial charge in [0.15, 0.2) is 5.69 Å². The highest BCUT2D eigenvalue weighted by molar-refractivity contribution is 5.68. The summed E-state index contributed by atoms with van der Waals surface area (Å²) in [5, 5.41) is 9.27. The molecule has 0 bridgehead atoms. The van der Waals surface area contributed by atoms with Gasteiger partial charge in [-0.25, -0.2) is 4.98 Å². The highest BCUT2D eigenvalue weighted by Gasteiger charge is 2.11. The summed E-state index contributed by atoms with van der Waals surface area (Å²) in [7, 11) is 0. The zero-order chi connectivity index (χ0) is 18.5. The Morgan fingerprint density at radius 2 is 1.92 bits per heavy atom. The Hall–Kier alpha value is -3.39. The zero-order valence-corrected chi connectivity index (χ0v) is 14.9. The van der Waals surface area contributed by atoms with Crippen LogP contribution in [0, 0.1) is 18.3 Å². The van der Waals surface area contributed by atoms with E-state index in [0.717, 1.165) is 40.1 Å². The Balaban J connectivity index is 1.87. The lowest BCUT2D eigenvalue weighted by Gasteiger charge is -2.12. The standard InChI is InChI=1S/C21H20N4O/c1-3-16-11-18(25-19(12-22)21(16)23)17-4-5-20(14(2)10-17)26-13-15-6-8-24-9-7-15/h4-11H,3,13,23H2,1-2H3. The van der Waals surface area contributed by atoms with Crippen molar-refractivity contribution < 1.29 is 4.74 Å². The third-order valence-electron chi connectivity index (χ3n) is 4.25. The first-order valence-electron chi connectivity index (χ1n) is 8.44. The molecular weight excluding hydrogens is 324 g/mol. The summed E-state index contributed by atoms with van der Waals surface area (Å²) in [5.41, 5.74) is 11.4. The molecule has 130 valence electrons. The summed E-state index contributed by atoms with van der Waals surface area (Å²) < 4.78 is 5.90. The minimum atomic E-state index is 0.273. The van der Waals surface area contributed by atoms with Crippen LogP contribution in [0.4, 0.5) is 5.69 Å². The fraction of sp³-hybridized carbons (Fsp3) is 0.190. The molecule has 0 fully saturated rings. The molecular formula is C21H20N4O. The molecule has 0 aliphatic rings. The monoisotopic (exact) mass is 344 g/mol. The smallest absolute Gasteiger partial charge is 0.164 e. The first-order chi connectivity index (χ1) is 12.6. The van der Waals surface area contributed by atoms with E-state index < -0.39 is 0 Å². The van der Waals surface area contributed by atoms with Crippen molar-refractivity contribution in [2.45, 2.75) is 26.9 Å². The number of benzene rings is 1. The van der Waals surface area contributed by atoms with Gasteiger partial charge in [-0.1, -0.05) is 6.92 Å². The van der Waals surface area contributed by atoms with Crippen LogP contribution in [-0.2, 0) is 13.0 Å². The van der Waals surface area contributed by atoms with E-state index in [1.54, 1.807) is 12.4 Å². The van der Waals surface area contributed by atoms with E-state index in [1.807, 2.05) is 50.2 Å². The lowest BCUT2D eigenvalue weighted by Crippen LogP contribution is -2.02. The van der Waals surface area contributed by atoms with Crippen LogP contribution in [-0.4, -0.2) is 9.97 Å². The molecule has 0 aliphatic heterocycles. The number of anilines is 1. The van der Waals surface area contributed by atoms with Crippen molar-refractivity contribution in [2.75, 3.05) is 5.73 Å². The van der Waals surface area contributed by atoms with Gasteiger partial charge in [0.1, 0.15) is 18.4 Å². The average molecular weight is 344 g/mol. The number of aromatic nitrogens is 2. The number of hydrogen-bond acceptors (Lipinski definition) is 5. The molecule has 2 aromatic heterocycles. The van der Waals surface area contributed by atoms with E-state index in [2.05, 4.69) is 16.0 Å². The predicted molar refractivity (Wildman–Crippen MR) is 101 cm³/mol. The first kappa shape index (κ1) is 17.4. The SMILES string of the molecule is CCc1cc(-c2ccc(OCc3ccncc3)c(C)c2)nc(C#N)c1N. The lowest BCUT2D eigenvalue weighted by molar-refractivity contribution is 0.304. The normalized spacial score (nSPS) is 10.3. The van der Waals surface area contributed by atoms with Gasteiger partial charge >= 0.3 is 0 Å². The van der Waals surface area contributed by atoms with Crippen LogP contribution in [0.3, 0.4) is 0 Å². The van der Waals surface area contributed by atoms with E-state index in [4.69, 9.17) is 10.5 Å². The number of nitrogens with two attached hydrogens (primary N) is 1. The molecule has 5 nitrogen and oxygen atoms in total. The molecule has 0 saturated heterocycles. The van der Waals surface area contributed by atoms with Crippen molar-refractivity contribution in [3.8, 4) is 23.1 Å². The van der Waals surface area contributed by atoms with Crippen molar-refractivity contribution in [1.82, 2.24) is 9.97 Å². The molecule has 3 aromatic rings. The van der Waals surface area contributed by atoms with E-state index >= 15 is 0 Å². The number of nitrogen functional groups attached to an aromatic ring is 1.